The molecular formula is C22H32N2. The number of nitrogens with zero attached hydrogens (tertiary/aromatic N) is 2. The molecule has 0 bridgehead atoms. The molecule has 2 heteroatoms. The maximum atomic E-state index is 3.38. The van der Waals surface area contributed by atoms with Crippen molar-refractivity contribution in [3.8, 4) is 11.8 Å². The lowest BCUT2D eigenvalue weighted by molar-refractivity contribution is 0.185. The fourth-order valence-corrected chi connectivity index (χ4v) is 3.79. The zero-order valence-corrected chi connectivity index (χ0v) is 15.3. The molecule has 0 spiro atoms. The van der Waals surface area contributed by atoms with Crippen molar-refractivity contribution in [2.45, 2.75) is 52.0 Å². The summed E-state index contributed by atoms with van der Waals surface area (Å²) in [5, 5.41) is 0. The van der Waals surface area contributed by atoms with E-state index in [0.29, 0.717) is 0 Å². The van der Waals surface area contributed by atoms with Crippen molar-refractivity contribution >= 4 is 0 Å². The summed E-state index contributed by atoms with van der Waals surface area (Å²) in [4.78, 5) is 5.15. The fourth-order valence-electron chi connectivity index (χ4n) is 3.79. The van der Waals surface area contributed by atoms with Crippen molar-refractivity contribution in [3.63, 3.8) is 0 Å². The van der Waals surface area contributed by atoms with Gasteiger partial charge in [0.15, 0.2) is 0 Å². The molecular weight excluding hydrogens is 292 g/mol. The van der Waals surface area contributed by atoms with Gasteiger partial charge in [0.25, 0.3) is 0 Å². The Hall–Kier alpha value is -1.30. The van der Waals surface area contributed by atoms with Crippen molar-refractivity contribution in [3.05, 3.63) is 35.4 Å². The largest absolute Gasteiger partial charge is 0.302 e. The first kappa shape index (κ1) is 17.5. The van der Waals surface area contributed by atoms with Gasteiger partial charge >= 0.3 is 0 Å². The van der Waals surface area contributed by atoms with Crippen LogP contribution >= 0.6 is 0 Å². The monoisotopic (exact) mass is 324 g/mol. The van der Waals surface area contributed by atoms with Gasteiger partial charge in [0, 0.05) is 25.1 Å². The Morgan fingerprint density at radius 1 is 1.00 bits per heavy atom. The Kier molecular flexibility index (Phi) is 6.75. The van der Waals surface area contributed by atoms with Gasteiger partial charge in [-0.25, -0.2) is 0 Å². The molecule has 2 fully saturated rings. The first-order valence-electron chi connectivity index (χ1n) is 9.82. The van der Waals surface area contributed by atoms with Gasteiger partial charge in [0.1, 0.15) is 0 Å². The van der Waals surface area contributed by atoms with Crippen LogP contribution in [0.5, 0.6) is 0 Å². The molecule has 2 heterocycles. The third-order valence-corrected chi connectivity index (χ3v) is 5.44. The molecule has 1 aromatic carbocycles. The van der Waals surface area contributed by atoms with Crippen molar-refractivity contribution in [1.29, 1.82) is 0 Å². The smallest absolute Gasteiger partial charge is 0.0248 e. The number of likely N-dealkylation sites (tertiary alicyclic amines) is 2. The summed E-state index contributed by atoms with van der Waals surface area (Å²) in [5.41, 5.74) is 2.59. The minimum absolute atomic E-state index is 0.901. The van der Waals surface area contributed by atoms with E-state index < -0.39 is 0 Å². The first-order chi connectivity index (χ1) is 11.8. The number of piperidine rings is 2. The minimum atomic E-state index is 0.901. The van der Waals surface area contributed by atoms with Crippen LogP contribution in [0, 0.1) is 17.8 Å². The van der Waals surface area contributed by atoms with Crippen LogP contribution in [0.25, 0.3) is 0 Å². The topological polar surface area (TPSA) is 6.48 Å². The predicted octanol–water partition coefficient (Wildman–Crippen LogP) is 4.15. The average molecular weight is 325 g/mol. The molecule has 0 aliphatic carbocycles. The van der Waals surface area contributed by atoms with E-state index in [-0.39, 0.29) is 0 Å². The minimum Gasteiger partial charge on any atom is -0.302 e. The van der Waals surface area contributed by atoms with E-state index in [1.807, 2.05) is 0 Å². The van der Waals surface area contributed by atoms with E-state index in [1.54, 1.807) is 0 Å². The van der Waals surface area contributed by atoms with Crippen LogP contribution in [-0.4, -0.2) is 42.5 Å². The Balaban J connectivity index is 1.47. The third kappa shape index (κ3) is 5.65. The molecule has 3 rings (SSSR count). The Labute approximate surface area is 148 Å². The highest BCUT2D eigenvalue weighted by Gasteiger charge is 2.15. The maximum absolute atomic E-state index is 3.38. The van der Waals surface area contributed by atoms with Gasteiger partial charge in [-0.2, -0.15) is 0 Å². The second-order valence-electron chi connectivity index (χ2n) is 7.61. The standard InChI is InChI=1S/C22H32N2/c1-20-11-16-24(17-12-20)19-22-10-7-9-21(18-22)8-3-6-15-23-13-4-2-5-14-23/h7,9-10,18,20H,2,4-6,11-17,19H2,1H3. The molecule has 0 aromatic heterocycles. The van der Waals surface area contributed by atoms with Crippen molar-refractivity contribution in [1.82, 2.24) is 9.80 Å². The van der Waals surface area contributed by atoms with E-state index >= 15 is 0 Å². The Morgan fingerprint density at radius 2 is 1.79 bits per heavy atom. The molecule has 0 unspecified atom stereocenters. The van der Waals surface area contributed by atoms with Gasteiger partial charge in [-0.1, -0.05) is 37.3 Å². The Bertz CT molecular complexity index is 555. The summed E-state index contributed by atoms with van der Waals surface area (Å²) in [6.07, 6.45) is 7.82. The van der Waals surface area contributed by atoms with Crippen molar-refractivity contribution in [2.24, 2.45) is 5.92 Å². The summed E-state index contributed by atoms with van der Waals surface area (Å²) in [7, 11) is 0. The predicted molar refractivity (Wildman–Crippen MR) is 102 cm³/mol. The van der Waals surface area contributed by atoms with Crippen molar-refractivity contribution in [2.75, 3.05) is 32.7 Å². The molecule has 1 aromatic rings. The molecule has 0 saturated carbocycles. The van der Waals surface area contributed by atoms with Gasteiger partial charge < -0.3 is 4.90 Å². The quantitative estimate of drug-likeness (QED) is 0.768. The molecule has 0 atom stereocenters. The molecule has 2 nitrogen and oxygen atoms in total. The third-order valence-electron chi connectivity index (χ3n) is 5.44. The van der Waals surface area contributed by atoms with Crippen LogP contribution in [-0.2, 0) is 6.54 Å². The van der Waals surface area contributed by atoms with Crippen LogP contribution in [0.3, 0.4) is 0 Å². The fraction of sp³-hybridized carbons (Fsp3) is 0.636. The van der Waals surface area contributed by atoms with Gasteiger partial charge in [0.05, 0.1) is 0 Å². The number of benzene rings is 1. The van der Waals surface area contributed by atoms with Gasteiger partial charge in [-0.05, 0) is 75.5 Å². The number of rotatable bonds is 4. The summed E-state index contributed by atoms with van der Waals surface area (Å²) in [6.45, 7) is 9.61. The summed E-state index contributed by atoms with van der Waals surface area (Å²) >= 11 is 0. The van der Waals surface area contributed by atoms with Crippen molar-refractivity contribution < 1.29 is 0 Å². The Morgan fingerprint density at radius 3 is 2.58 bits per heavy atom. The second kappa shape index (κ2) is 9.25. The molecule has 24 heavy (non-hydrogen) atoms. The molecule has 0 radical (unpaired) electrons. The molecule has 2 aliphatic heterocycles. The normalized spacial score (nSPS) is 20.5. The molecule has 2 saturated heterocycles. The molecule has 0 N–H and O–H groups in total. The second-order valence-corrected chi connectivity index (χ2v) is 7.61. The lowest BCUT2D eigenvalue weighted by atomic mass is 9.98. The van der Waals surface area contributed by atoms with Crippen LogP contribution in [0.4, 0.5) is 0 Å². The first-order valence-corrected chi connectivity index (χ1v) is 9.82. The van der Waals surface area contributed by atoms with Crippen LogP contribution in [0.15, 0.2) is 24.3 Å². The summed E-state index contributed by atoms with van der Waals surface area (Å²) in [6, 6.07) is 8.84. The maximum Gasteiger partial charge on any atom is 0.0248 e. The zero-order chi connectivity index (χ0) is 16.6. The molecule has 130 valence electrons. The molecule has 2 aliphatic rings. The highest BCUT2D eigenvalue weighted by molar-refractivity contribution is 5.37. The summed E-state index contributed by atoms with van der Waals surface area (Å²) < 4.78 is 0. The highest BCUT2D eigenvalue weighted by Crippen LogP contribution is 2.18. The van der Waals surface area contributed by atoms with Crippen LogP contribution in [0.1, 0.15) is 56.6 Å². The number of hydrogen-bond donors (Lipinski definition) is 0. The van der Waals surface area contributed by atoms with E-state index in [2.05, 4.69) is 52.8 Å². The SMILES string of the molecule is CC1CCN(Cc2cccc(C#CCCN3CCCCC3)c2)CC1. The number of hydrogen-bond acceptors (Lipinski definition) is 2. The van der Waals surface area contributed by atoms with Gasteiger partial charge in [-0.3, -0.25) is 4.90 Å². The highest BCUT2D eigenvalue weighted by atomic mass is 15.1. The van der Waals surface area contributed by atoms with Crippen LogP contribution in [0.2, 0.25) is 0 Å². The molecule has 0 amide bonds. The average Bonchev–Trinajstić information content (AvgIpc) is 2.62. The lowest BCUT2D eigenvalue weighted by Gasteiger charge is -2.30. The van der Waals surface area contributed by atoms with E-state index in [4.69, 9.17) is 0 Å². The van der Waals surface area contributed by atoms with Crippen LogP contribution < -0.4 is 0 Å². The summed E-state index contributed by atoms with van der Waals surface area (Å²) in [5.74, 6) is 7.66. The van der Waals surface area contributed by atoms with E-state index in [0.717, 1.165) is 25.4 Å². The van der Waals surface area contributed by atoms with E-state index in [1.165, 1.54) is 69.4 Å². The van der Waals surface area contributed by atoms with Gasteiger partial charge in [-0.15, -0.1) is 0 Å². The van der Waals surface area contributed by atoms with E-state index in [9.17, 15) is 0 Å². The lowest BCUT2D eigenvalue weighted by Crippen LogP contribution is -2.32. The van der Waals surface area contributed by atoms with Gasteiger partial charge in [0.2, 0.25) is 0 Å². The zero-order valence-electron chi connectivity index (χ0n) is 15.3.